The summed E-state index contributed by atoms with van der Waals surface area (Å²) < 4.78 is 35.6. The summed E-state index contributed by atoms with van der Waals surface area (Å²) >= 11 is 0. The fourth-order valence-corrected chi connectivity index (χ4v) is 1.45. The maximum atomic E-state index is 11.9. The van der Waals surface area contributed by atoms with E-state index in [9.17, 15) is 18.0 Å². The Bertz CT molecular complexity index is 413. The minimum atomic E-state index is -4.39. The Morgan fingerprint density at radius 2 is 1.74 bits per heavy atom. The Morgan fingerprint density at radius 3 is 2.21 bits per heavy atom. The number of carbonyl (C=O) groups excluding carboxylic acids is 1. The number of urea groups is 1. The average molecular weight is 274 g/mol. The van der Waals surface area contributed by atoms with Crippen LogP contribution < -0.4 is 10.6 Å². The second-order valence-corrected chi connectivity index (χ2v) is 4.55. The number of halogens is 3. The van der Waals surface area contributed by atoms with E-state index in [-0.39, 0.29) is 6.54 Å². The normalized spacial score (nSPS) is 11.5. The van der Waals surface area contributed by atoms with Gasteiger partial charge in [-0.15, -0.1) is 0 Å². The van der Waals surface area contributed by atoms with Gasteiger partial charge in [0.05, 0.1) is 0 Å². The van der Waals surface area contributed by atoms with E-state index in [4.69, 9.17) is 0 Å². The summed E-state index contributed by atoms with van der Waals surface area (Å²) in [6.45, 7) is 3.00. The highest BCUT2D eigenvalue weighted by Crippen LogP contribution is 2.14. The van der Waals surface area contributed by atoms with Crippen molar-refractivity contribution in [1.82, 2.24) is 10.6 Å². The standard InChI is InChI=1S/C13H17F3N2O/c1-9(2)11-5-3-10(4-6-11)7-17-12(19)18-8-13(14,15)16/h3-6,9H,7-8H2,1-2H3,(H2,17,18,19). The molecule has 0 bridgehead atoms. The number of hydrogen-bond donors (Lipinski definition) is 2. The third-order valence-electron chi connectivity index (χ3n) is 2.55. The average Bonchev–Trinajstić information content (AvgIpc) is 2.33. The molecular formula is C13H17F3N2O. The zero-order valence-corrected chi connectivity index (χ0v) is 10.8. The summed E-state index contributed by atoms with van der Waals surface area (Å²) in [5.41, 5.74) is 2.01. The van der Waals surface area contributed by atoms with Gasteiger partial charge >= 0.3 is 12.2 Å². The summed E-state index contributed by atoms with van der Waals surface area (Å²) in [6, 6.07) is 6.74. The molecule has 1 aromatic carbocycles. The van der Waals surface area contributed by atoms with Crippen LogP contribution in [0.1, 0.15) is 30.9 Å². The number of benzene rings is 1. The first-order valence-corrected chi connectivity index (χ1v) is 5.95. The fourth-order valence-electron chi connectivity index (χ4n) is 1.45. The van der Waals surface area contributed by atoms with Gasteiger partial charge in [0.1, 0.15) is 6.54 Å². The van der Waals surface area contributed by atoms with Crippen molar-refractivity contribution in [2.75, 3.05) is 6.54 Å². The highest BCUT2D eigenvalue weighted by atomic mass is 19.4. The van der Waals surface area contributed by atoms with Gasteiger partial charge in [0.2, 0.25) is 0 Å². The van der Waals surface area contributed by atoms with E-state index in [1.807, 2.05) is 24.3 Å². The van der Waals surface area contributed by atoms with Crippen molar-refractivity contribution in [3.63, 3.8) is 0 Å². The van der Waals surface area contributed by atoms with E-state index in [1.165, 1.54) is 5.56 Å². The van der Waals surface area contributed by atoms with E-state index in [0.717, 1.165) is 5.56 Å². The predicted molar refractivity (Wildman–Crippen MR) is 66.8 cm³/mol. The van der Waals surface area contributed by atoms with E-state index in [2.05, 4.69) is 19.2 Å². The molecule has 1 aromatic rings. The number of hydrogen-bond acceptors (Lipinski definition) is 1. The molecule has 0 aliphatic heterocycles. The molecule has 0 fully saturated rings. The van der Waals surface area contributed by atoms with Crippen molar-refractivity contribution in [2.45, 2.75) is 32.5 Å². The molecule has 0 radical (unpaired) electrons. The predicted octanol–water partition coefficient (Wildman–Crippen LogP) is 3.17. The summed E-state index contributed by atoms with van der Waals surface area (Å²) in [7, 11) is 0. The van der Waals surface area contributed by atoms with Crippen LogP contribution in [0.15, 0.2) is 24.3 Å². The summed E-state index contributed by atoms with van der Waals surface area (Å²) in [4.78, 5) is 11.1. The minimum absolute atomic E-state index is 0.196. The van der Waals surface area contributed by atoms with Gasteiger partial charge in [0.15, 0.2) is 0 Å². The third-order valence-corrected chi connectivity index (χ3v) is 2.55. The molecule has 6 heteroatoms. The maximum Gasteiger partial charge on any atom is 0.405 e. The fraction of sp³-hybridized carbons (Fsp3) is 0.462. The van der Waals surface area contributed by atoms with Gasteiger partial charge in [-0.05, 0) is 17.0 Å². The van der Waals surface area contributed by atoms with E-state index in [0.29, 0.717) is 5.92 Å². The molecule has 0 unspecified atom stereocenters. The highest BCUT2D eigenvalue weighted by molar-refractivity contribution is 5.73. The lowest BCUT2D eigenvalue weighted by Gasteiger charge is -2.10. The Hall–Kier alpha value is -1.72. The smallest absolute Gasteiger partial charge is 0.334 e. The first-order chi connectivity index (χ1) is 8.78. The van der Waals surface area contributed by atoms with Crippen molar-refractivity contribution < 1.29 is 18.0 Å². The molecule has 2 N–H and O–H groups in total. The third kappa shape index (κ3) is 6.13. The Kier molecular flexibility index (Phi) is 5.20. The molecule has 19 heavy (non-hydrogen) atoms. The molecule has 2 amide bonds. The highest BCUT2D eigenvalue weighted by Gasteiger charge is 2.27. The van der Waals surface area contributed by atoms with Crippen LogP contribution in [0.3, 0.4) is 0 Å². The summed E-state index contributed by atoms with van der Waals surface area (Å²) in [5.74, 6) is 0.414. The number of amides is 2. The Labute approximate surface area is 110 Å². The second-order valence-electron chi connectivity index (χ2n) is 4.55. The van der Waals surface area contributed by atoms with Crippen LogP contribution >= 0.6 is 0 Å². The van der Waals surface area contributed by atoms with Crippen LogP contribution in [-0.4, -0.2) is 18.8 Å². The van der Waals surface area contributed by atoms with Crippen LogP contribution in [0, 0.1) is 0 Å². The quantitative estimate of drug-likeness (QED) is 0.870. The molecule has 0 heterocycles. The lowest BCUT2D eigenvalue weighted by atomic mass is 10.0. The number of carbonyl (C=O) groups is 1. The van der Waals surface area contributed by atoms with Gasteiger partial charge < -0.3 is 10.6 Å². The minimum Gasteiger partial charge on any atom is -0.334 e. The van der Waals surface area contributed by atoms with Gasteiger partial charge in [-0.2, -0.15) is 13.2 Å². The molecule has 0 saturated heterocycles. The zero-order chi connectivity index (χ0) is 14.5. The lowest BCUT2D eigenvalue weighted by Crippen LogP contribution is -2.40. The first kappa shape index (κ1) is 15.3. The molecule has 0 aliphatic rings. The number of nitrogens with one attached hydrogen (secondary N) is 2. The molecule has 3 nitrogen and oxygen atoms in total. The molecule has 0 spiro atoms. The maximum absolute atomic E-state index is 11.9. The number of rotatable bonds is 4. The van der Waals surface area contributed by atoms with Crippen molar-refractivity contribution in [3.8, 4) is 0 Å². The van der Waals surface area contributed by atoms with E-state index in [1.54, 1.807) is 5.32 Å². The Morgan fingerprint density at radius 1 is 1.16 bits per heavy atom. The van der Waals surface area contributed by atoms with Crippen molar-refractivity contribution >= 4 is 6.03 Å². The van der Waals surface area contributed by atoms with Gasteiger partial charge in [-0.3, -0.25) is 0 Å². The largest absolute Gasteiger partial charge is 0.405 e. The first-order valence-electron chi connectivity index (χ1n) is 5.95. The van der Waals surface area contributed by atoms with Crippen LogP contribution in [0.5, 0.6) is 0 Å². The van der Waals surface area contributed by atoms with Crippen molar-refractivity contribution in [2.24, 2.45) is 0 Å². The second kappa shape index (κ2) is 6.45. The van der Waals surface area contributed by atoms with Crippen LogP contribution in [-0.2, 0) is 6.54 Å². The molecule has 0 aliphatic carbocycles. The van der Waals surface area contributed by atoms with Crippen LogP contribution in [0.25, 0.3) is 0 Å². The molecule has 0 saturated carbocycles. The molecule has 0 aromatic heterocycles. The summed E-state index contributed by atoms with van der Waals surface area (Å²) in [6.07, 6.45) is -4.39. The molecule has 106 valence electrons. The van der Waals surface area contributed by atoms with Crippen molar-refractivity contribution in [3.05, 3.63) is 35.4 Å². The van der Waals surface area contributed by atoms with Gasteiger partial charge in [0.25, 0.3) is 0 Å². The SMILES string of the molecule is CC(C)c1ccc(CNC(=O)NCC(F)(F)F)cc1. The van der Waals surface area contributed by atoms with Gasteiger partial charge in [-0.1, -0.05) is 38.1 Å². The van der Waals surface area contributed by atoms with Crippen LogP contribution in [0.4, 0.5) is 18.0 Å². The summed E-state index contributed by atoms with van der Waals surface area (Å²) in [5, 5.41) is 4.12. The van der Waals surface area contributed by atoms with Gasteiger partial charge in [-0.25, -0.2) is 4.79 Å². The Balaban J connectivity index is 2.38. The van der Waals surface area contributed by atoms with Gasteiger partial charge in [0, 0.05) is 6.54 Å². The monoisotopic (exact) mass is 274 g/mol. The molecular weight excluding hydrogens is 257 g/mol. The topological polar surface area (TPSA) is 41.1 Å². The van der Waals surface area contributed by atoms with Crippen LogP contribution in [0.2, 0.25) is 0 Å². The van der Waals surface area contributed by atoms with Crippen molar-refractivity contribution in [1.29, 1.82) is 0 Å². The molecule has 1 rings (SSSR count). The number of alkyl halides is 3. The lowest BCUT2D eigenvalue weighted by molar-refractivity contribution is -0.122. The van der Waals surface area contributed by atoms with E-state index >= 15 is 0 Å². The van der Waals surface area contributed by atoms with E-state index < -0.39 is 18.8 Å². The zero-order valence-electron chi connectivity index (χ0n) is 10.8. The molecule has 0 atom stereocenters.